The van der Waals surface area contributed by atoms with Crippen molar-refractivity contribution in [2.45, 2.75) is 0 Å². The second-order valence-corrected chi connectivity index (χ2v) is 34.0. The summed E-state index contributed by atoms with van der Waals surface area (Å²) >= 11 is 1.85. The maximum Gasteiger partial charge on any atom is 0.164 e. The van der Waals surface area contributed by atoms with Crippen LogP contribution in [0.25, 0.3) is 252 Å². The topological polar surface area (TPSA) is 90.2 Å². The van der Waals surface area contributed by atoms with E-state index in [1.54, 1.807) is 0 Å². The van der Waals surface area contributed by atoms with E-state index in [9.17, 15) is 0 Å². The van der Waals surface area contributed by atoms with Crippen LogP contribution in [0.4, 0.5) is 0 Å². The van der Waals surface area contributed by atoms with Gasteiger partial charge in [0.2, 0.25) is 0 Å². The van der Waals surface area contributed by atoms with Crippen LogP contribution in [0.5, 0.6) is 0 Å². The van der Waals surface area contributed by atoms with Crippen molar-refractivity contribution < 1.29 is 0 Å². The van der Waals surface area contributed by atoms with Gasteiger partial charge in [0.25, 0.3) is 0 Å². The van der Waals surface area contributed by atoms with Crippen LogP contribution >= 0.6 is 11.3 Å². The first kappa shape index (κ1) is 75.8. The van der Waals surface area contributed by atoms with Gasteiger partial charge in [-0.1, -0.05) is 413 Å². The van der Waals surface area contributed by atoms with E-state index >= 15 is 0 Å². The first-order chi connectivity index (χ1) is 63.9. The Bertz CT molecular complexity index is 8930. The van der Waals surface area contributed by atoms with Gasteiger partial charge in [-0.25, -0.2) is 34.9 Å². The van der Waals surface area contributed by atoms with Gasteiger partial charge in [-0.15, -0.1) is 11.3 Å². The highest BCUT2D eigenvalue weighted by molar-refractivity contribution is 7.26. The fourth-order valence-corrected chi connectivity index (χ4v) is 20.0. The zero-order chi connectivity index (χ0) is 85.2. The van der Waals surface area contributed by atoms with Gasteiger partial charge in [-0.05, 0) is 184 Å². The Balaban J connectivity index is 0.000000109. The van der Waals surface area contributed by atoms with Gasteiger partial charge in [0.15, 0.2) is 34.9 Å². The quantitative estimate of drug-likeness (QED) is 0.126. The minimum absolute atomic E-state index is 0.645. The highest BCUT2D eigenvalue weighted by Gasteiger charge is 2.21. The smallest absolute Gasteiger partial charge is 0.164 e. The van der Waals surface area contributed by atoms with Crippen molar-refractivity contribution in [3.63, 3.8) is 0 Å². The van der Waals surface area contributed by atoms with E-state index in [0.29, 0.717) is 34.9 Å². The molecule has 7 nitrogen and oxygen atoms in total. The summed E-state index contributed by atoms with van der Waals surface area (Å²) in [4.78, 5) is 35.3. The molecule has 0 aliphatic rings. The van der Waals surface area contributed by atoms with Crippen molar-refractivity contribution in [3.8, 4) is 113 Å². The molecule has 0 unspecified atom stereocenters. The molecule has 0 aliphatic carbocycles. The molecule has 26 aromatic rings. The molecule has 22 aromatic carbocycles. The van der Waals surface area contributed by atoms with Gasteiger partial charge in [-0.2, -0.15) is 0 Å². The van der Waals surface area contributed by atoms with Gasteiger partial charge >= 0.3 is 0 Å². The van der Waals surface area contributed by atoms with Crippen molar-refractivity contribution in [3.05, 3.63) is 455 Å². The average molecular weight is 1660 g/mol. The molecule has 0 spiro atoms. The molecule has 8 heteroatoms. The molecule has 0 fully saturated rings. The zero-order valence-corrected chi connectivity index (χ0v) is 70.7. The first-order valence-corrected chi connectivity index (χ1v) is 44.4. The second kappa shape index (κ2) is 32.3. The van der Waals surface area contributed by atoms with Crippen LogP contribution in [0.1, 0.15) is 0 Å². The Morgan fingerprint density at radius 2 is 0.426 bits per heavy atom. The van der Waals surface area contributed by atoms with Crippen LogP contribution in [-0.2, 0) is 0 Å². The molecule has 0 amide bonds. The first-order valence-electron chi connectivity index (χ1n) is 43.6. The number of rotatable bonds is 10. The summed E-state index contributed by atoms with van der Waals surface area (Å²) in [5, 5.41) is 28.8. The van der Waals surface area contributed by atoms with E-state index in [4.69, 9.17) is 34.9 Å². The third-order valence-corrected chi connectivity index (χ3v) is 26.4. The molecule has 0 saturated carbocycles. The number of thiophene rings is 1. The van der Waals surface area contributed by atoms with E-state index in [1.165, 1.54) is 145 Å². The minimum atomic E-state index is 0.645. The maximum absolute atomic E-state index is 5.22. The molecule has 0 saturated heterocycles. The summed E-state index contributed by atoms with van der Waals surface area (Å²) in [6.07, 6.45) is 0. The van der Waals surface area contributed by atoms with Gasteiger partial charge in [0.05, 0.1) is 15.9 Å². The molecule has 0 atom stereocenters. The number of benzene rings is 22. The lowest BCUT2D eigenvalue weighted by Gasteiger charge is -2.11. The van der Waals surface area contributed by atoms with Crippen LogP contribution < -0.4 is 0 Å². The molecule has 600 valence electrons. The molecular weight excluding hydrogens is 1580 g/mol. The number of hydrogen-bond acceptors (Lipinski definition) is 8. The lowest BCUT2D eigenvalue weighted by molar-refractivity contribution is 1.07. The van der Waals surface area contributed by atoms with E-state index in [2.05, 4.69) is 388 Å². The minimum Gasteiger partial charge on any atom is -0.246 e. The van der Waals surface area contributed by atoms with Crippen molar-refractivity contribution in [1.29, 1.82) is 0 Å². The van der Waals surface area contributed by atoms with Crippen LogP contribution in [0.3, 0.4) is 0 Å². The second-order valence-electron chi connectivity index (χ2n) is 32.9. The Morgan fingerprint density at radius 3 is 0.938 bits per heavy atom. The molecule has 26 rings (SSSR count). The van der Waals surface area contributed by atoms with Crippen LogP contribution in [0, 0.1) is 0 Å². The maximum atomic E-state index is 5.22. The van der Waals surface area contributed by atoms with Crippen LogP contribution in [-0.4, -0.2) is 34.9 Å². The molecule has 0 bridgehead atoms. The standard InChI is InChI=1S/C45H29N3.C43H27N3.C33H19NS/c1-3-10-30(11-4-1)31-18-20-32(21-19-31)35-15-9-16-37(28-35)44-46-43(34-13-5-2-6-14-34)47-45(48-44)38-24-25-40-36(29-38)23-27-41-39-17-8-7-12-33(39)22-26-42(40)41;1-2-10-31(11-3-1)41-44-42(32-17-14-29(15-18-32)34-19-16-28-8-4-5-12-33(28)26-34)46-43(45-41)36-22-23-38-35(27-36)21-25-39-37-13-7-6-9-30(37)20-24-40(38)39;1-2-8-23-20(7-1)15-18-25-24(23)17-16-21-13-14-22(19-28(21)25)32-33-31(26-9-3-5-11-29(26)34-32)27-10-4-6-12-30(27)35-33/h1-29H;1-27H;1-19H. The van der Waals surface area contributed by atoms with E-state index in [-0.39, 0.29) is 0 Å². The summed E-state index contributed by atoms with van der Waals surface area (Å²) < 4.78 is 2.56. The molecule has 4 heterocycles. The fourth-order valence-electron chi connectivity index (χ4n) is 18.7. The number of hydrogen-bond donors (Lipinski definition) is 0. The molecule has 4 aromatic heterocycles. The van der Waals surface area contributed by atoms with E-state index in [1.807, 2.05) is 78.1 Å². The van der Waals surface area contributed by atoms with Crippen LogP contribution in [0.2, 0.25) is 0 Å². The lowest BCUT2D eigenvalue weighted by Crippen LogP contribution is -2.00. The summed E-state index contributed by atoms with van der Waals surface area (Å²) in [6.45, 7) is 0. The van der Waals surface area contributed by atoms with Crippen molar-refractivity contribution in [1.82, 2.24) is 34.9 Å². The van der Waals surface area contributed by atoms with Crippen molar-refractivity contribution in [2.24, 2.45) is 0 Å². The molecule has 0 N–H and O–H groups in total. The Labute approximate surface area is 747 Å². The molecule has 0 aliphatic heterocycles. The third-order valence-electron chi connectivity index (χ3n) is 25.2. The largest absolute Gasteiger partial charge is 0.246 e. The predicted molar refractivity (Wildman–Crippen MR) is 544 cm³/mol. The normalized spacial score (nSPS) is 11.6. The summed E-state index contributed by atoms with van der Waals surface area (Å²) in [7, 11) is 0. The Morgan fingerprint density at radius 1 is 0.140 bits per heavy atom. The van der Waals surface area contributed by atoms with Crippen molar-refractivity contribution in [2.75, 3.05) is 0 Å². The Kier molecular flexibility index (Phi) is 19.0. The molecular formula is C121H75N7S. The summed E-state index contributed by atoms with van der Waals surface area (Å²) in [5.41, 5.74) is 16.0. The number of aromatic nitrogens is 7. The van der Waals surface area contributed by atoms with E-state index in [0.717, 1.165) is 72.1 Å². The highest BCUT2D eigenvalue weighted by atomic mass is 32.1. The predicted octanol–water partition coefficient (Wildman–Crippen LogP) is 32.5. The van der Waals surface area contributed by atoms with Crippen molar-refractivity contribution >= 4 is 150 Å². The van der Waals surface area contributed by atoms with Gasteiger partial charge in [0.1, 0.15) is 0 Å². The lowest BCUT2D eigenvalue weighted by atomic mass is 9.95. The summed E-state index contributed by atoms with van der Waals surface area (Å²) in [5.74, 6) is 3.91. The fraction of sp³-hybridized carbons (Fsp3) is 0. The van der Waals surface area contributed by atoms with Crippen LogP contribution in [0.15, 0.2) is 455 Å². The van der Waals surface area contributed by atoms with Gasteiger partial charge in [-0.3, -0.25) is 0 Å². The molecule has 129 heavy (non-hydrogen) atoms. The number of para-hydroxylation sites is 1. The third kappa shape index (κ3) is 14.2. The summed E-state index contributed by atoms with van der Waals surface area (Å²) in [6, 6.07) is 161. The highest BCUT2D eigenvalue weighted by Crippen LogP contribution is 2.46. The van der Waals surface area contributed by atoms with E-state index < -0.39 is 0 Å². The number of nitrogens with zero attached hydrogens (tertiary/aromatic N) is 7. The van der Waals surface area contributed by atoms with Gasteiger partial charge in [0, 0.05) is 59.8 Å². The van der Waals surface area contributed by atoms with Gasteiger partial charge < -0.3 is 0 Å². The molecule has 0 radical (unpaired) electrons. The average Bonchev–Trinajstić information content (AvgIpc) is 1.60. The number of pyridine rings is 1. The Hall–Kier alpha value is -16.9. The zero-order valence-electron chi connectivity index (χ0n) is 69.8. The SMILES string of the molecule is c1ccc(-c2ccc(-c3cccc(-c4nc(-c5ccccc5)nc(-c5ccc6c(ccc7c8ccccc8ccc67)c5)n4)c3)cc2)cc1.c1ccc(-c2nc(-c3ccc(-c4ccc5ccccc5c4)cc3)nc(-c3ccc4c(ccc5c6ccccc6ccc45)c3)n2)cc1.c1ccc2c(c1)ccc1c3cc(-c4nc5ccccc5c5c4sc4ccccc45)ccc3ccc21. The monoisotopic (exact) mass is 1660 g/mol. The number of fused-ring (bicyclic) bond motifs is 21.